The van der Waals surface area contributed by atoms with E-state index in [9.17, 15) is 13.2 Å². The number of nitrogens with one attached hydrogen (secondary N) is 1. The van der Waals surface area contributed by atoms with Crippen LogP contribution in [-0.4, -0.2) is 34.8 Å². The van der Waals surface area contributed by atoms with Crippen LogP contribution in [0, 0.1) is 5.41 Å². The minimum atomic E-state index is -5.08. The maximum atomic E-state index is 10.6. The molecule has 0 fully saturated rings. The normalized spacial score (nSPS) is 9.07. The van der Waals surface area contributed by atoms with Gasteiger partial charge in [0.25, 0.3) is 0 Å². The average molecular weight is 218 g/mol. The van der Waals surface area contributed by atoms with E-state index in [2.05, 4.69) is 5.73 Å². The molecule has 0 saturated heterocycles. The zero-order valence-corrected chi connectivity index (χ0v) is 7.67. The van der Waals surface area contributed by atoms with Crippen molar-refractivity contribution >= 4 is 12.3 Å². The first-order chi connectivity index (χ1) is 6.09. The molecule has 0 aromatic heterocycles. The van der Waals surface area contributed by atoms with Crippen LogP contribution >= 0.6 is 0 Å². The number of carbonyl (C=O) groups is 1. The summed E-state index contributed by atoms with van der Waals surface area (Å²) in [4.78, 5) is 8.90. The van der Waals surface area contributed by atoms with Gasteiger partial charge in [0.05, 0.1) is 6.34 Å². The van der Waals surface area contributed by atoms with Crippen molar-refractivity contribution in [2.75, 3.05) is 0 Å². The minimum Gasteiger partial charge on any atom is -0.475 e. The molecule has 0 unspecified atom stereocenters. The molecule has 0 rings (SSSR count). The van der Waals surface area contributed by atoms with E-state index in [4.69, 9.17) is 20.4 Å². The van der Waals surface area contributed by atoms with Gasteiger partial charge < -0.3 is 15.9 Å². The molecule has 0 aliphatic carbocycles. The molecule has 0 radical (unpaired) electrons. The number of aliphatic carboxylic acids is 1. The summed E-state index contributed by atoms with van der Waals surface area (Å²) in [7, 11) is 0. The fourth-order valence-electron chi connectivity index (χ4n) is 0. The van der Waals surface area contributed by atoms with Crippen molar-refractivity contribution in [3.05, 3.63) is 0 Å². The Morgan fingerprint density at radius 2 is 1.57 bits per heavy atom. The van der Waals surface area contributed by atoms with Gasteiger partial charge in [0.2, 0.25) is 0 Å². The van der Waals surface area contributed by atoms with Gasteiger partial charge in [-0.1, -0.05) is 0 Å². The average Bonchev–Trinajstić information content (AvgIpc) is 1.84. The number of alkyl halides is 3. The number of aliphatic hydroxyl groups excluding tert-OH is 1. The highest BCUT2D eigenvalue weighted by Crippen LogP contribution is 2.13. The summed E-state index contributed by atoms with van der Waals surface area (Å²) >= 11 is 0. The largest absolute Gasteiger partial charge is 0.490 e. The van der Waals surface area contributed by atoms with Crippen molar-refractivity contribution in [2.24, 2.45) is 5.73 Å². The first kappa shape index (κ1) is 18.5. The van der Waals surface area contributed by atoms with E-state index in [1.54, 1.807) is 13.8 Å². The lowest BCUT2D eigenvalue weighted by Crippen LogP contribution is -2.21. The zero-order valence-electron chi connectivity index (χ0n) is 7.67. The van der Waals surface area contributed by atoms with Crippen molar-refractivity contribution in [1.82, 2.24) is 0 Å². The van der Waals surface area contributed by atoms with E-state index in [1.807, 2.05) is 0 Å². The molecular weight excluding hydrogens is 205 g/mol. The topological polar surface area (TPSA) is 107 Å². The van der Waals surface area contributed by atoms with Gasteiger partial charge in [-0.3, -0.25) is 5.41 Å². The molecular formula is C6H13F3N2O3. The standard InChI is InChI=1S/C3H8O.C2HF3O2.CH4N2/c1-3(2)4;3-2(4,5)1(6)7;2-1-3/h3-4H,1-2H3;(H,6,7);1H,(H3,2,3). The van der Waals surface area contributed by atoms with Crippen LogP contribution in [0.5, 0.6) is 0 Å². The van der Waals surface area contributed by atoms with Crippen molar-refractivity contribution < 1.29 is 28.2 Å². The van der Waals surface area contributed by atoms with Gasteiger partial charge in [0.15, 0.2) is 0 Å². The Morgan fingerprint density at radius 1 is 1.50 bits per heavy atom. The number of hydrogen-bond donors (Lipinski definition) is 4. The maximum absolute atomic E-state index is 10.6. The molecule has 14 heavy (non-hydrogen) atoms. The van der Waals surface area contributed by atoms with Crippen LogP contribution < -0.4 is 5.73 Å². The Hall–Kier alpha value is -1.31. The summed E-state index contributed by atoms with van der Waals surface area (Å²) in [6.07, 6.45) is -4.50. The first-order valence-corrected chi connectivity index (χ1v) is 3.28. The van der Waals surface area contributed by atoms with Gasteiger partial charge in [-0.15, -0.1) is 0 Å². The molecule has 86 valence electrons. The van der Waals surface area contributed by atoms with Crippen LogP contribution in [0.2, 0.25) is 0 Å². The lowest BCUT2D eigenvalue weighted by molar-refractivity contribution is -0.192. The number of halogens is 3. The highest BCUT2D eigenvalue weighted by atomic mass is 19.4. The fraction of sp³-hybridized carbons (Fsp3) is 0.667. The first-order valence-electron chi connectivity index (χ1n) is 3.28. The molecule has 0 heterocycles. The predicted molar refractivity (Wildman–Crippen MR) is 44.0 cm³/mol. The summed E-state index contributed by atoms with van der Waals surface area (Å²) < 4.78 is 31.7. The van der Waals surface area contributed by atoms with Crippen LogP contribution in [-0.2, 0) is 4.79 Å². The third-order valence-electron chi connectivity index (χ3n) is 0.243. The summed E-state index contributed by atoms with van der Waals surface area (Å²) in [5.41, 5.74) is 4.39. The molecule has 5 nitrogen and oxygen atoms in total. The molecule has 0 aliphatic heterocycles. The zero-order chi connectivity index (χ0) is 12.4. The van der Waals surface area contributed by atoms with Gasteiger partial charge in [-0.05, 0) is 13.8 Å². The quantitative estimate of drug-likeness (QED) is 0.352. The van der Waals surface area contributed by atoms with Crippen LogP contribution in [0.1, 0.15) is 13.8 Å². The van der Waals surface area contributed by atoms with Gasteiger partial charge in [-0.25, -0.2) is 4.79 Å². The van der Waals surface area contributed by atoms with Gasteiger partial charge in [0, 0.05) is 6.10 Å². The molecule has 0 amide bonds. The van der Waals surface area contributed by atoms with Crippen LogP contribution in [0.4, 0.5) is 13.2 Å². The SMILES string of the molecule is CC(C)O.N=CN.O=C(O)C(F)(F)F. The highest BCUT2D eigenvalue weighted by Gasteiger charge is 2.38. The highest BCUT2D eigenvalue weighted by molar-refractivity contribution is 5.73. The summed E-state index contributed by atoms with van der Waals surface area (Å²) in [5, 5.41) is 21.0. The van der Waals surface area contributed by atoms with Crippen molar-refractivity contribution in [3.63, 3.8) is 0 Å². The van der Waals surface area contributed by atoms with E-state index < -0.39 is 12.1 Å². The molecule has 0 bridgehead atoms. The Kier molecular flexibility index (Phi) is 12.9. The molecule has 8 heteroatoms. The number of nitrogens with two attached hydrogens (primary N) is 1. The maximum Gasteiger partial charge on any atom is 0.490 e. The van der Waals surface area contributed by atoms with Gasteiger partial charge >= 0.3 is 12.1 Å². The molecule has 5 N–H and O–H groups in total. The fourth-order valence-corrected chi connectivity index (χ4v) is 0. The molecule has 0 saturated carbocycles. The third kappa shape index (κ3) is 45.6. The molecule has 0 aromatic rings. The van der Waals surface area contributed by atoms with E-state index >= 15 is 0 Å². The Labute approximate surface area is 78.8 Å². The predicted octanol–water partition coefficient (Wildman–Crippen LogP) is 0.573. The van der Waals surface area contributed by atoms with Gasteiger partial charge in [0.1, 0.15) is 0 Å². The summed E-state index contributed by atoms with van der Waals surface area (Å²) in [5.74, 6) is -2.76. The van der Waals surface area contributed by atoms with E-state index in [0.29, 0.717) is 0 Å². The molecule has 0 atom stereocenters. The van der Waals surface area contributed by atoms with Crippen LogP contribution in [0.15, 0.2) is 0 Å². The Bertz CT molecular complexity index is 156. The van der Waals surface area contributed by atoms with Crippen molar-refractivity contribution in [1.29, 1.82) is 5.41 Å². The lowest BCUT2D eigenvalue weighted by Gasteiger charge is -1.93. The second-order valence-corrected chi connectivity index (χ2v) is 2.06. The lowest BCUT2D eigenvalue weighted by atomic mass is 10.5. The molecule has 0 spiro atoms. The van der Waals surface area contributed by atoms with Crippen LogP contribution in [0.25, 0.3) is 0 Å². The summed E-state index contributed by atoms with van der Waals surface area (Å²) in [6, 6.07) is 0. The third-order valence-corrected chi connectivity index (χ3v) is 0.243. The van der Waals surface area contributed by atoms with Crippen molar-refractivity contribution in [2.45, 2.75) is 26.1 Å². The number of aliphatic hydroxyl groups is 1. The number of rotatable bonds is 0. The number of carboxylic acids is 1. The second kappa shape index (κ2) is 9.78. The van der Waals surface area contributed by atoms with E-state index in [0.717, 1.165) is 6.34 Å². The monoisotopic (exact) mass is 218 g/mol. The summed E-state index contributed by atoms with van der Waals surface area (Å²) in [6.45, 7) is 3.44. The Balaban J connectivity index is -0.000000147. The Morgan fingerprint density at radius 3 is 1.57 bits per heavy atom. The minimum absolute atomic E-state index is 0.167. The number of carboxylic acid groups (broad SMARTS) is 1. The molecule has 0 aromatic carbocycles. The second-order valence-electron chi connectivity index (χ2n) is 2.06. The van der Waals surface area contributed by atoms with Crippen LogP contribution in [0.3, 0.4) is 0 Å². The smallest absolute Gasteiger partial charge is 0.475 e. The van der Waals surface area contributed by atoms with Crippen molar-refractivity contribution in [3.8, 4) is 0 Å². The molecule has 0 aliphatic rings. The number of hydrogen-bond acceptors (Lipinski definition) is 3. The van der Waals surface area contributed by atoms with E-state index in [-0.39, 0.29) is 6.10 Å². The van der Waals surface area contributed by atoms with Gasteiger partial charge in [-0.2, -0.15) is 13.2 Å². The van der Waals surface area contributed by atoms with E-state index in [1.165, 1.54) is 0 Å².